The normalized spacial score (nSPS) is 20.6. The zero-order valence-electron chi connectivity index (χ0n) is 15.9. The summed E-state index contributed by atoms with van der Waals surface area (Å²) in [6.07, 6.45) is -1.47. The fraction of sp³-hybridized carbons (Fsp3) is 0.300. The van der Waals surface area contributed by atoms with Crippen molar-refractivity contribution in [2.75, 3.05) is 11.6 Å². The van der Waals surface area contributed by atoms with Crippen molar-refractivity contribution < 1.29 is 37.8 Å². The van der Waals surface area contributed by atoms with Gasteiger partial charge in [-0.2, -0.15) is 18.3 Å². The molecule has 1 aromatic carbocycles. The molecule has 160 valence electrons. The molecule has 0 fully saturated rings. The largest absolute Gasteiger partial charge is 0.481 e. The minimum Gasteiger partial charge on any atom is -0.481 e. The first-order chi connectivity index (χ1) is 14.0. The number of para-hydroxylation sites is 1. The van der Waals surface area contributed by atoms with E-state index in [0.29, 0.717) is 6.08 Å². The van der Waals surface area contributed by atoms with Crippen LogP contribution in [0.3, 0.4) is 0 Å². The van der Waals surface area contributed by atoms with Crippen molar-refractivity contribution in [1.29, 1.82) is 0 Å². The molecule has 2 N–H and O–H groups in total. The number of benzene rings is 1. The molecule has 1 unspecified atom stereocenters. The number of carboxylic acids is 2. The van der Waals surface area contributed by atoms with Crippen LogP contribution >= 0.6 is 0 Å². The lowest BCUT2D eigenvalue weighted by atomic mass is 9.72. The highest BCUT2D eigenvalue weighted by Crippen LogP contribution is 2.41. The summed E-state index contributed by atoms with van der Waals surface area (Å²) in [4.78, 5) is 33.0. The number of nitrogens with zero attached hydrogens (tertiary/aromatic N) is 2. The minimum absolute atomic E-state index is 0.372. The number of hydrogen-bond donors (Lipinski definition) is 2. The van der Waals surface area contributed by atoms with Gasteiger partial charge in [-0.1, -0.05) is 30.4 Å². The van der Waals surface area contributed by atoms with Crippen molar-refractivity contribution in [3.63, 3.8) is 0 Å². The number of hydrogen-bond acceptors (Lipinski definition) is 5. The van der Waals surface area contributed by atoms with Crippen LogP contribution in [0.2, 0.25) is 0 Å². The molecule has 0 saturated carbocycles. The number of aliphatic carboxylic acids is 2. The Hall–Kier alpha value is -3.43. The molecule has 0 amide bonds. The maximum atomic E-state index is 12.4. The Kier molecular flexibility index (Phi) is 6.81. The lowest BCUT2D eigenvalue weighted by Crippen LogP contribution is -2.40. The van der Waals surface area contributed by atoms with Crippen LogP contribution in [0, 0.1) is 5.41 Å². The third kappa shape index (κ3) is 5.13. The van der Waals surface area contributed by atoms with Gasteiger partial charge in [0.05, 0.1) is 11.1 Å². The maximum absolute atomic E-state index is 12.4. The minimum atomic E-state index is -5.21. The molecule has 1 heterocycles. The molecule has 1 aromatic rings. The smallest absolute Gasteiger partial charge is 0.454 e. The molecule has 30 heavy (non-hydrogen) atoms. The van der Waals surface area contributed by atoms with Gasteiger partial charge in [-0.25, -0.2) is 4.79 Å². The number of rotatable bonds is 4. The van der Waals surface area contributed by atoms with Gasteiger partial charge in [0.2, 0.25) is 0 Å². The predicted octanol–water partition coefficient (Wildman–Crippen LogP) is 3.43. The van der Waals surface area contributed by atoms with Crippen molar-refractivity contribution in [3.05, 3.63) is 53.6 Å². The number of alkyl halides is 3. The topological polar surface area (TPSA) is 107 Å². The van der Waals surface area contributed by atoms with Gasteiger partial charge in [0.25, 0.3) is 5.78 Å². The van der Waals surface area contributed by atoms with Crippen LogP contribution in [-0.4, -0.2) is 46.9 Å². The van der Waals surface area contributed by atoms with Gasteiger partial charge >= 0.3 is 18.1 Å². The van der Waals surface area contributed by atoms with Crippen LogP contribution < -0.4 is 5.01 Å². The zero-order valence-corrected chi connectivity index (χ0v) is 15.9. The van der Waals surface area contributed by atoms with E-state index in [0.717, 1.165) is 26.0 Å². The molecule has 1 atom stereocenters. The maximum Gasteiger partial charge on any atom is 0.454 e. The molecule has 0 aromatic heterocycles. The second-order valence-corrected chi connectivity index (χ2v) is 6.76. The summed E-state index contributed by atoms with van der Waals surface area (Å²) in [5, 5.41) is 24.0. The molecule has 0 saturated heterocycles. The number of carbonyl (C=O) groups excluding carboxylic acids is 1. The fourth-order valence-corrected chi connectivity index (χ4v) is 2.91. The highest BCUT2D eigenvalue weighted by atomic mass is 19.4. The van der Waals surface area contributed by atoms with Gasteiger partial charge in [0.15, 0.2) is 0 Å². The van der Waals surface area contributed by atoms with E-state index < -0.39 is 41.3 Å². The van der Waals surface area contributed by atoms with Crippen LogP contribution in [-0.2, 0) is 14.4 Å². The van der Waals surface area contributed by atoms with Gasteiger partial charge in [-0.3, -0.25) is 14.6 Å². The molecule has 7 nitrogen and oxygen atoms in total. The average Bonchev–Trinajstić information content (AvgIpc) is 3.22. The summed E-state index contributed by atoms with van der Waals surface area (Å²) in [6.45, 7) is 1.91. The summed E-state index contributed by atoms with van der Waals surface area (Å²) in [5.74, 6) is -5.41. The second-order valence-electron chi connectivity index (χ2n) is 6.76. The Morgan fingerprint density at radius 3 is 2.20 bits per heavy atom. The summed E-state index contributed by atoms with van der Waals surface area (Å²) >= 11 is 0. The average molecular weight is 424 g/mol. The number of allylic oxidation sites excluding steroid dienone is 2. The first-order valence-electron chi connectivity index (χ1n) is 8.81. The van der Waals surface area contributed by atoms with Crippen LogP contribution in [0.25, 0.3) is 0 Å². The van der Waals surface area contributed by atoms with Crippen molar-refractivity contribution in [3.8, 4) is 0 Å². The number of halogens is 3. The third-order valence-corrected chi connectivity index (χ3v) is 4.58. The van der Waals surface area contributed by atoms with E-state index in [1.807, 2.05) is 29.4 Å². The van der Waals surface area contributed by atoms with Crippen molar-refractivity contribution in [2.24, 2.45) is 10.5 Å². The first kappa shape index (κ1) is 22.9. The van der Waals surface area contributed by atoms with Crippen molar-refractivity contribution in [2.45, 2.75) is 25.9 Å². The monoisotopic (exact) mass is 424 g/mol. The van der Waals surface area contributed by atoms with Crippen LogP contribution in [0.5, 0.6) is 0 Å². The first-order valence-corrected chi connectivity index (χ1v) is 8.81. The molecule has 0 bridgehead atoms. The summed E-state index contributed by atoms with van der Waals surface area (Å²) < 4.78 is 37.1. The van der Waals surface area contributed by atoms with E-state index in [-0.39, 0.29) is 5.57 Å². The van der Waals surface area contributed by atoms with Gasteiger partial charge < -0.3 is 10.2 Å². The number of anilines is 1. The van der Waals surface area contributed by atoms with E-state index in [2.05, 4.69) is 17.2 Å². The molecule has 0 spiro atoms. The predicted molar refractivity (Wildman–Crippen MR) is 102 cm³/mol. The highest BCUT2D eigenvalue weighted by molar-refractivity contribution is 6.07. The van der Waals surface area contributed by atoms with Crippen LogP contribution in [0.15, 0.2) is 58.7 Å². The van der Waals surface area contributed by atoms with Gasteiger partial charge in [0, 0.05) is 30.3 Å². The Bertz CT molecular complexity index is 922. The fourth-order valence-electron chi connectivity index (χ4n) is 2.91. The molecule has 3 rings (SSSR count). The molecule has 1 aliphatic heterocycles. The summed E-state index contributed by atoms with van der Waals surface area (Å²) in [7, 11) is 0. The van der Waals surface area contributed by atoms with Gasteiger partial charge in [-0.15, -0.1) is 0 Å². The van der Waals surface area contributed by atoms with Crippen molar-refractivity contribution >= 4 is 29.6 Å². The number of ketones is 1. The molecular formula is C20H19F3N2O5. The summed E-state index contributed by atoms with van der Waals surface area (Å²) in [6, 6.07) is 10.2. The number of Topliss-reactive ketones (excluding diaryl/α,β-unsaturated/α-hetero) is 1. The Morgan fingerprint density at radius 1 is 1.10 bits per heavy atom. The Labute approximate surface area is 169 Å². The van der Waals surface area contributed by atoms with Gasteiger partial charge in [0.1, 0.15) is 0 Å². The van der Waals surface area contributed by atoms with Crippen LogP contribution in [0.1, 0.15) is 19.8 Å². The number of carbonyl (C=O) groups is 3. The lowest BCUT2D eigenvalue weighted by molar-refractivity contribution is -0.169. The SMILES string of the molecule is C1=NN(c2ccccc2)CC1.CC1(C(=O)O)CC(C(=O)O)=CC=C1C(=O)C(F)(F)F. The van der Waals surface area contributed by atoms with Gasteiger partial charge in [-0.05, 0) is 25.5 Å². The number of hydrazone groups is 1. The lowest BCUT2D eigenvalue weighted by Gasteiger charge is -2.30. The second kappa shape index (κ2) is 8.93. The number of carboxylic acid groups (broad SMARTS) is 2. The highest BCUT2D eigenvalue weighted by Gasteiger charge is 2.51. The van der Waals surface area contributed by atoms with E-state index in [1.165, 1.54) is 5.69 Å². The van der Waals surface area contributed by atoms with E-state index in [4.69, 9.17) is 10.2 Å². The van der Waals surface area contributed by atoms with E-state index >= 15 is 0 Å². The van der Waals surface area contributed by atoms with Crippen molar-refractivity contribution in [1.82, 2.24) is 0 Å². The summed E-state index contributed by atoms with van der Waals surface area (Å²) in [5.41, 5.74) is -2.38. The quantitative estimate of drug-likeness (QED) is 0.767. The van der Waals surface area contributed by atoms with E-state index in [9.17, 15) is 27.6 Å². The molecule has 0 radical (unpaired) electrons. The molecular weight excluding hydrogens is 405 g/mol. The standard InChI is InChI=1S/C11H9F3O5.C9H10N2/c1-10(9(18)19)4-5(8(16)17)2-3-6(10)7(15)11(12,13)14;1-2-5-9(6-3-1)11-8-4-7-10-11/h2-3H,4H2,1H3,(H,16,17)(H,18,19);1-3,5-7H,4,8H2. The molecule has 10 heteroatoms. The molecule has 2 aliphatic rings. The third-order valence-electron chi connectivity index (χ3n) is 4.58. The van der Waals surface area contributed by atoms with E-state index in [1.54, 1.807) is 0 Å². The zero-order chi connectivity index (χ0) is 22.5. The Balaban J connectivity index is 0.000000244. The Morgan fingerprint density at radius 2 is 1.73 bits per heavy atom. The van der Waals surface area contributed by atoms with Crippen LogP contribution in [0.4, 0.5) is 18.9 Å². The molecule has 1 aliphatic carbocycles.